The van der Waals surface area contributed by atoms with Crippen LogP contribution in [0.4, 0.5) is 5.69 Å². The van der Waals surface area contributed by atoms with E-state index in [0.717, 1.165) is 16.6 Å². The second kappa shape index (κ2) is 6.40. The highest BCUT2D eigenvalue weighted by Gasteiger charge is 2.32. The summed E-state index contributed by atoms with van der Waals surface area (Å²) in [5.74, 6) is 0.117. The van der Waals surface area contributed by atoms with Gasteiger partial charge in [-0.05, 0) is 49.8 Å². The molecule has 0 unspecified atom stereocenters. The number of carbonyl (C=O) groups is 1. The van der Waals surface area contributed by atoms with Crippen molar-refractivity contribution in [2.45, 2.75) is 45.1 Å². The van der Waals surface area contributed by atoms with Gasteiger partial charge in [-0.2, -0.15) is 0 Å². The summed E-state index contributed by atoms with van der Waals surface area (Å²) >= 11 is 0. The summed E-state index contributed by atoms with van der Waals surface area (Å²) in [7, 11) is 4.35. The summed E-state index contributed by atoms with van der Waals surface area (Å²) in [5, 5.41) is 3.02. The Balaban J connectivity index is 1.90. The average molecular weight is 275 g/mol. The largest absolute Gasteiger partial charge is 0.321 e. The van der Waals surface area contributed by atoms with Crippen LogP contribution >= 0.6 is 0 Å². The first-order valence-electron chi connectivity index (χ1n) is 7.73. The number of carbonyl (C=O) groups excluding carboxylic acids is 1. The van der Waals surface area contributed by atoms with Crippen molar-refractivity contribution in [2.24, 2.45) is 0 Å². The van der Waals surface area contributed by atoms with Gasteiger partial charge in [0.15, 0.2) is 6.54 Å². The molecule has 1 N–H and O–H groups in total. The molecule has 0 atom stereocenters. The van der Waals surface area contributed by atoms with Crippen molar-refractivity contribution < 1.29 is 9.28 Å². The Labute approximate surface area is 122 Å². The Kier molecular flexibility index (Phi) is 4.81. The van der Waals surface area contributed by atoms with E-state index < -0.39 is 0 Å². The Hall–Kier alpha value is -1.35. The van der Waals surface area contributed by atoms with Gasteiger partial charge in [0.25, 0.3) is 5.91 Å². The number of nitrogens with zero attached hydrogens (tertiary/aromatic N) is 1. The second-order valence-corrected chi connectivity index (χ2v) is 6.47. The van der Waals surface area contributed by atoms with Gasteiger partial charge in [-0.3, -0.25) is 4.79 Å². The van der Waals surface area contributed by atoms with Crippen molar-refractivity contribution in [1.82, 2.24) is 0 Å². The molecule has 1 aliphatic rings. The van der Waals surface area contributed by atoms with Gasteiger partial charge in [-0.25, -0.2) is 0 Å². The maximum absolute atomic E-state index is 12.2. The molecule has 1 aromatic carbocycles. The molecule has 0 spiro atoms. The summed E-state index contributed by atoms with van der Waals surface area (Å²) < 4.78 is 0.804. The highest BCUT2D eigenvalue weighted by molar-refractivity contribution is 5.91. The summed E-state index contributed by atoms with van der Waals surface area (Å²) in [6, 6.07) is 8.78. The van der Waals surface area contributed by atoms with Crippen molar-refractivity contribution in [2.75, 3.05) is 26.0 Å². The fourth-order valence-electron chi connectivity index (χ4n) is 3.13. The molecule has 3 nitrogen and oxygen atoms in total. The number of anilines is 1. The Morgan fingerprint density at radius 3 is 2.35 bits per heavy atom. The van der Waals surface area contributed by atoms with Crippen LogP contribution in [0.2, 0.25) is 0 Å². The molecule has 0 bridgehead atoms. The van der Waals surface area contributed by atoms with E-state index in [-0.39, 0.29) is 5.91 Å². The molecule has 0 radical (unpaired) electrons. The number of likely N-dealkylation sites (N-methyl/N-ethyl adjacent to an activating group) is 1. The van der Waals surface area contributed by atoms with Crippen LogP contribution in [0.1, 0.15) is 38.2 Å². The zero-order valence-corrected chi connectivity index (χ0v) is 13.0. The van der Waals surface area contributed by atoms with E-state index in [1.165, 1.54) is 31.2 Å². The van der Waals surface area contributed by atoms with Crippen LogP contribution in [-0.4, -0.2) is 37.1 Å². The summed E-state index contributed by atoms with van der Waals surface area (Å²) in [5.41, 5.74) is 2.20. The highest BCUT2D eigenvalue weighted by Crippen LogP contribution is 2.26. The van der Waals surface area contributed by atoms with E-state index in [1.807, 2.05) is 12.1 Å². The van der Waals surface area contributed by atoms with E-state index in [9.17, 15) is 4.79 Å². The normalized spacial score (nSPS) is 16.4. The maximum Gasteiger partial charge on any atom is 0.279 e. The minimum absolute atomic E-state index is 0.117. The number of rotatable bonds is 5. The highest BCUT2D eigenvalue weighted by atomic mass is 16.2. The molecule has 1 aliphatic carbocycles. The van der Waals surface area contributed by atoms with E-state index in [4.69, 9.17) is 0 Å². The SMILES string of the molecule is CCc1ccc(NC(=O)C[N+](C)(C)C2CCCC2)cc1. The minimum atomic E-state index is 0.117. The predicted molar refractivity (Wildman–Crippen MR) is 83.7 cm³/mol. The number of hydrogen-bond donors (Lipinski definition) is 1. The van der Waals surface area contributed by atoms with Crippen molar-refractivity contribution in [3.8, 4) is 0 Å². The Morgan fingerprint density at radius 1 is 1.20 bits per heavy atom. The molecule has 2 rings (SSSR count). The first kappa shape index (κ1) is 15.0. The molecule has 1 fully saturated rings. The standard InChI is InChI=1S/C17H26N2O/c1-4-14-9-11-15(12-10-14)18-17(20)13-19(2,3)16-7-5-6-8-16/h9-12,16H,4-8,13H2,1-3H3/p+1. The van der Waals surface area contributed by atoms with Crippen molar-refractivity contribution in [1.29, 1.82) is 0 Å². The predicted octanol–water partition coefficient (Wildman–Crippen LogP) is 3.21. The van der Waals surface area contributed by atoms with E-state index >= 15 is 0 Å². The zero-order valence-electron chi connectivity index (χ0n) is 13.0. The van der Waals surface area contributed by atoms with Crippen molar-refractivity contribution in [3.63, 3.8) is 0 Å². The van der Waals surface area contributed by atoms with E-state index in [1.54, 1.807) is 0 Å². The molecule has 0 aromatic heterocycles. The fraction of sp³-hybridized carbons (Fsp3) is 0.588. The molecule has 1 saturated carbocycles. The lowest BCUT2D eigenvalue weighted by molar-refractivity contribution is -0.906. The topological polar surface area (TPSA) is 29.1 Å². The maximum atomic E-state index is 12.2. The van der Waals surface area contributed by atoms with Crippen LogP contribution in [0.15, 0.2) is 24.3 Å². The van der Waals surface area contributed by atoms with Crippen LogP contribution < -0.4 is 5.32 Å². The van der Waals surface area contributed by atoms with Crippen LogP contribution in [0.25, 0.3) is 0 Å². The molecule has 1 aromatic rings. The fourth-order valence-corrected chi connectivity index (χ4v) is 3.13. The third kappa shape index (κ3) is 3.83. The minimum Gasteiger partial charge on any atom is -0.321 e. The first-order valence-corrected chi connectivity index (χ1v) is 7.73. The molecule has 3 heteroatoms. The lowest BCUT2D eigenvalue weighted by Crippen LogP contribution is -2.51. The number of nitrogens with one attached hydrogen (secondary N) is 1. The molecule has 20 heavy (non-hydrogen) atoms. The van der Waals surface area contributed by atoms with E-state index in [2.05, 4.69) is 38.5 Å². The van der Waals surface area contributed by atoms with Gasteiger partial charge in [-0.15, -0.1) is 0 Å². The van der Waals surface area contributed by atoms with Gasteiger partial charge in [0.2, 0.25) is 0 Å². The van der Waals surface area contributed by atoms with Crippen LogP contribution in [-0.2, 0) is 11.2 Å². The summed E-state index contributed by atoms with van der Waals surface area (Å²) in [6.07, 6.45) is 6.16. The molecule has 0 aliphatic heterocycles. The second-order valence-electron chi connectivity index (χ2n) is 6.47. The molecule has 1 amide bonds. The number of quaternary nitrogens is 1. The molecular weight excluding hydrogens is 248 g/mol. The van der Waals surface area contributed by atoms with Gasteiger partial charge in [0, 0.05) is 5.69 Å². The van der Waals surface area contributed by atoms with E-state index in [0.29, 0.717) is 12.6 Å². The molecule has 0 heterocycles. The smallest absolute Gasteiger partial charge is 0.279 e. The number of aryl methyl sites for hydroxylation is 1. The number of amides is 1. The summed E-state index contributed by atoms with van der Waals surface area (Å²) in [4.78, 5) is 12.2. The third-order valence-electron chi connectivity index (χ3n) is 4.51. The van der Waals surface area contributed by atoms with Crippen molar-refractivity contribution in [3.05, 3.63) is 29.8 Å². The molecule has 0 saturated heterocycles. The average Bonchev–Trinajstić information content (AvgIpc) is 2.93. The lowest BCUT2D eigenvalue weighted by Gasteiger charge is -2.35. The molecular formula is C17H27N2O+. The first-order chi connectivity index (χ1) is 9.51. The lowest BCUT2D eigenvalue weighted by atomic mass is 10.1. The van der Waals surface area contributed by atoms with Gasteiger partial charge in [-0.1, -0.05) is 19.1 Å². The number of benzene rings is 1. The van der Waals surface area contributed by atoms with Crippen LogP contribution in [0.5, 0.6) is 0 Å². The van der Waals surface area contributed by atoms with Crippen LogP contribution in [0.3, 0.4) is 0 Å². The van der Waals surface area contributed by atoms with Gasteiger partial charge in [0.1, 0.15) is 0 Å². The number of hydrogen-bond acceptors (Lipinski definition) is 1. The van der Waals surface area contributed by atoms with Crippen molar-refractivity contribution >= 4 is 11.6 Å². The third-order valence-corrected chi connectivity index (χ3v) is 4.51. The zero-order chi connectivity index (χ0) is 14.6. The van der Waals surface area contributed by atoms with Gasteiger partial charge in [0.05, 0.1) is 20.1 Å². The Bertz CT molecular complexity index is 445. The quantitative estimate of drug-likeness (QED) is 0.821. The molecule has 110 valence electrons. The summed E-state index contributed by atoms with van der Waals surface area (Å²) in [6.45, 7) is 2.69. The monoisotopic (exact) mass is 275 g/mol. The Morgan fingerprint density at radius 2 is 1.80 bits per heavy atom. The van der Waals surface area contributed by atoms with Gasteiger partial charge >= 0.3 is 0 Å². The van der Waals surface area contributed by atoms with Gasteiger partial charge < -0.3 is 9.80 Å². The van der Waals surface area contributed by atoms with Crippen LogP contribution in [0, 0.1) is 0 Å².